The summed E-state index contributed by atoms with van der Waals surface area (Å²) in [6, 6.07) is 15.7. The van der Waals surface area contributed by atoms with E-state index < -0.39 is 0 Å². The van der Waals surface area contributed by atoms with Gasteiger partial charge in [0, 0.05) is 34.6 Å². The number of halogens is 1. The highest BCUT2D eigenvalue weighted by Gasteiger charge is 2.08. The summed E-state index contributed by atoms with van der Waals surface area (Å²) < 4.78 is 5.38. The predicted molar refractivity (Wildman–Crippen MR) is 125 cm³/mol. The van der Waals surface area contributed by atoms with Crippen LogP contribution in [0.5, 0.6) is 5.75 Å². The lowest BCUT2D eigenvalue weighted by Gasteiger charge is -2.13. The standard InChI is InChI=1S/C21H22ClN3OS2/c1-26-19-10-9-18(16-7-4-11-23-20(16)19)25-21(27)24-12-5-13-28-14-15-6-2-3-8-17(15)22/h2-4,6-11H,5,12-14H2,1H3,(H2,24,25,27). The number of pyridine rings is 1. The lowest BCUT2D eigenvalue weighted by molar-refractivity contribution is 0.419. The summed E-state index contributed by atoms with van der Waals surface area (Å²) in [5.74, 6) is 2.71. The fraction of sp³-hybridized carbons (Fsp3) is 0.238. The number of rotatable bonds is 8. The van der Waals surface area contributed by atoms with Gasteiger partial charge in [-0.3, -0.25) is 4.98 Å². The zero-order valence-electron chi connectivity index (χ0n) is 15.6. The molecule has 2 aromatic carbocycles. The number of ether oxygens (including phenoxy) is 1. The molecule has 3 aromatic rings. The number of thioether (sulfide) groups is 1. The molecule has 1 heterocycles. The van der Waals surface area contributed by atoms with Crippen LogP contribution in [0.25, 0.3) is 10.9 Å². The number of aromatic nitrogens is 1. The summed E-state index contributed by atoms with van der Waals surface area (Å²) in [5.41, 5.74) is 2.91. The Bertz CT molecular complexity index is 952. The van der Waals surface area contributed by atoms with Gasteiger partial charge in [-0.15, -0.1) is 0 Å². The van der Waals surface area contributed by atoms with Gasteiger partial charge >= 0.3 is 0 Å². The summed E-state index contributed by atoms with van der Waals surface area (Å²) in [6.45, 7) is 0.813. The van der Waals surface area contributed by atoms with Gasteiger partial charge in [-0.2, -0.15) is 11.8 Å². The average molecular weight is 432 g/mol. The van der Waals surface area contributed by atoms with E-state index >= 15 is 0 Å². The van der Waals surface area contributed by atoms with Crippen LogP contribution in [-0.4, -0.2) is 29.5 Å². The normalized spacial score (nSPS) is 10.6. The van der Waals surface area contributed by atoms with Crippen LogP contribution in [0.2, 0.25) is 5.02 Å². The molecule has 0 amide bonds. The van der Waals surface area contributed by atoms with E-state index in [1.807, 2.05) is 54.2 Å². The molecule has 1 aromatic heterocycles. The van der Waals surface area contributed by atoms with E-state index in [0.29, 0.717) is 5.11 Å². The smallest absolute Gasteiger partial charge is 0.170 e. The Kier molecular flexibility index (Phi) is 7.77. The number of benzene rings is 2. The fourth-order valence-electron chi connectivity index (χ4n) is 2.76. The summed E-state index contributed by atoms with van der Waals surface area (Å²) in [4.78, 5) is 4.41. The first-order valence-electron chi connectivity index (χ1n) is 8.97. The molecule has 0 spiro atoms. The number of methoxy groups -OCH3 is 1. The van der Waals surface area contributed by atoms with Gasteiger partial charge in [0.25, 0.3) is 0 Å². The molecule has 0 aliphatic carbocycles. The molecule has 28 heavy (non-hydrogen) atoms. The highest BCUT2D eigenvalue weighted by molar-refractivity contribution is 7.98. The number of nitrogens with one attached hydrogen (secondary N) is 2. The fourth-order valence-corrected chi connectivity index (χ4v) is 4.22. The zero-order valence-corrected chi connectivity index (χ0v) is 18.0. The van der Waals surface area contributed by atoms with Crippen LogP contribution >= 0.6 is 35.6 Å². The first-order chi connectivity index (χ1) is 13.7. The van der Waals surface area contributed by atoms with Gasteiger partial charge in [-0.1, -0.05) is 29.8 Å². The van der Waals surface area contributed by atoms with Crippen molar-refractivity contribution in [3.8, 4) is 5.75 Å². The van der Waals surface area contributed by atoms with Gasteiger partial charge in [0.15, 0.2) is 5.11 Å². The molecule has 0 atom stereocenters. The van der Waals surface area contributed by atoms with Crippen molar-refractivity contribution in [3.63, 3.8) is 0 Å². The van der Waals surface area contributed by atoms with Gasteiger partial charge in [-0.05, 0) is 60.3 Å². The molecule has 4 nitrogen and oxygen atoms in total. The van der Waals surface area contributed by atoms with E-state index in [2.05, 4.69) is 21.7 Å². The molecule has 0 saturated carbocycles. The van der Waals surface area contributed by atoms with Crippen molar-refractivity contribution in [2.24, 2.45) is 0 Å². The minimum absolute atomic E-state index is 0.603. The van der Waals surface area contributed by atoms with Gasteiger partial charge in [0.2, 0.25) is 0 Å². The van der Waals surface area contributed by atoms with Crippen molar-refractivity contribution in [2.75, 3.05) is 24.7 Å². The van der Waals surface area contributed by atoms with E-state index in [-0.39, 0.29) is 0 Å². The Balaban J connectivity index is 1.44. The van der Waals surface area contributed by atoms with Crippen LogP contribution in [0.1, 0.15) is 12.0 Å². The van der Waals surface area contributed by atoms with E-state index in [9.17, 15) is 0 Å². The van der Waals surface area contributed by atoms with Crippen LogP contribution in [0.3, 0.4) is 0 Å². The minimum atomic E-state index is 0.603. The molecular weight excluding hydrogens is 410 g/mol. The van der Waals surface area contributed by atoms with E-state index in [0.717, 1.165) is 51.8 Å². The quantitative estimate of drug-likeness (QED) is 0.362. The van der Waals surface area contributed by atoms with Gasteiger partial charge in [-0.25, -0.2) is 0 Å². The third-order valence-electron chi connectivity index (χ3n) is 4.17. The Morgan fingerprint density at radius 3 is 2.86 bits per heavy atom. The van der Waals surface area contributed by atoms with E-state index in [1.165, 1.54) is 5.56 Å². The molecule has 7 heteroatoms. The maximum Gasteiger partial charge on any atom is 0.170 e. The zero-order chi connectivity index (χ0) is 19.8. The molecule has 146 valence electrons. The van der Waals surface area contributed by atoms with Crippen molar-refractivity contribution >= 4 is 57.3 Å². The molecule has 0 aliphatic rings. The van der Waals surface area contributed by atoms with Gasteiger partial charge in [0.1, 0.15) is 11.3 Å². The Hall–Kier alpha value is -2.02. The number of hydrogen-bond donors (Lipinski definition) is 2. The molecular formula is C21H22ClN3OS2. The molecule has 0 radical (unpaired) electrons. The number of nitrogens with zero attached hydrogens (tertiary/aromatic N) is 1. The van der Waals surface area contributed by atoms with Crippen LogP contribution in [-0.2, 0) is 5.75 Å². The number of fused-ring (bicyclic) bond motifs is 1. The molecule has 0 bridgehead atoms. The second-order valence-electron chi connectivity index (χ2n) is 6.09. The highest BCUT2D eigenvalue weighted by atomic mass is 35.5. The van der Waals surface area contributed by atoms with Crippen molar-refractivity contribution in [3.05, 3.63) is 65.3 Å². The summed E-state index contributed by atoms with van der Waals surface area (Å²) in [5, 5.41) is 8.93. The number of hydrogen-bond acceptors (Lipinski definition) is 4. The Morgan fingerprint density at radius 2 is 2.04 bits per heavy atom. The van der Waals surface area contributed by atoms with Crippen molar-refractivity contribution in [2.45, 2.75) is 12.2 Å². The lowest BCUT2D eigenvalue weighted by atomic mass is 10.1. The third-order valence-corrected chi connectivity index (χ3v) is 5.87. The number of anilines is 1. The van der Waals surface area contributed by atoms with Crippen LogP contribution in [0.15, 0.2) is 54.7 Å². The first-order valence-corrected chi connectivity index (χ1v) is 10.9. The van der Waals surface area contributed by atoms with Crippen LogP contribution in [0.4, 0.5) is 5.69 Å². The molecule has 0 unspecified atom stereocenters. The highest BCUT2D eigenvalue weighted by Crippen LogP contribution is 2.29. The van der Waals surface area contributed by atoms with E-state index in [4.69, 9.17) is 28.6 Å². The van der Waals surface area contributed by atoms with E-state index in [1.54, 1.807) is 13.3 Å². The van der Waals surface area contributed by atoms with Gasteiger partial charge < -0.3 is 15.4 Å². The minimum Gasteiger partial charge on any atom is -0.494 e. The third kappa shape index (κ3) is 5.50. The van der Waals surface area contributed by atoms with Crippen molar-refractivity contribution in [1.29, 1.82) is 0 Å². The topological polar surface area (TPSA) is 46.2 Å². The van der Waals surface area contributed by atoms with Crippen molar-refractivity contribution < 1.29 is 4.74 Å². The molecule has 0 fully saturated rings. The SMILES string of the molecule is COc1ccc(NC(=S)NCCCSCc2ccccc2Cl)c2cccnc12. The second kappa shape index (κ2) is 10.5. The second-order valence-corrected chi connectivity index (χ2v) is 8.01. The average Bonchev–Trinajstić information content (AvgIpc) is 2.72. The maximum absolute atomic E-state index is 6.18. The van der Waals surface area contributed by atoms with Crippen LogP contribution < -0.4 is 15.4 Å². The maximum atomic E-state index is 6.18. The summed E-state index contributed by atoms with van der Waals surface area (Å²) >= 11 is 13.5. The lowest BCUT2D eigenvalue weighted by Crippen LogP contribution is -2.29. The molecule has 3 rings (SSSR count). The number of thiocarbonyl (C=S) groups is 1. The van der Waals surface area contributed by atoms with Gasteiger partial charge in [0.05, 0.1) is 7.11 Å². The van der Waals surface area contributed by atoms with Crippen LogP contribution in [0, 0.1) is 0 Å². The molecule has 0 aliphatic heterocycles. The Morgan fingerprint density at radius 1 is 1.18 bits per heavy atom. The predicted octanol–water partition coefficient (Wildman–Crippen LogP) is 5.51. The Labute approximate surface area is 180 Å². The monoisotopic (exact) mass is 431 g/mol. The first kappa shape index (κ1) is 20.7. The van der Waals surface area contributed by atoms with Crippen molar-refractivity contribution in [1.82, 2.24) is 10.3 Å². The molecule has 0 saturated heterocycles. The summed E-state index contributed by atoms with van der Waals surface area (Å²) in [7, 11) is 1.65. The summed E-state index contributed by atoms with van der Waals surface area (Å²) in [6.07, 6.45) is 2.77. The molecule has 2 N–H and O–H groups in total. The largest absolute Gasteiger partial charge is 0.494 e.